The Morgan fingerprint density at radius 2 is 2.19 bits per heavy atom. The second kappa shape index (κ2) is 4.54. The number of nitrogens with zero attached hydrogens (tertiary/aromatic N) is 1. The van der Waals surface area contributed by atoms with Gasteiger partial charge in [-0.2, -0.15) is 0 Å². The van der Waals surface area contributed by atoms with E-state index < -0.39 is 0 Å². The van der Waals surface area contributed by atoms with E-state index in [9.17, 15) is 0 Å². The van der Waals surface area contributed by atoms with Crippen LogP contribution in [0.4, 0.5) is 11.4 Å². The van der Waals surface area contributed by atoms with E-state index in [1.807, 2.05) is 18.2 Å². The molecule has 3 heteroatoms. The first kappa shape index (κ1) is 11.6. The van der Waals surface area contributed by atoms with Crippen LogP contribution in [0.3, 0.4) is 0 Å². The van der Waals surface area contributed by atoms with E-state index in [0.29, 0.717) is 12.0 Å². The topological polar surface area (TPSA) is 29.3 Å². The molecule has 88 valence electrons. The maximum atomic E-state index is 6.26. The minimum atomic E-state index is 0.612. The van der Waals surface area contributed by atoms with Crippen molar-refractivity contribution >= 4 is 23.0 Å². The first-order chi connectivity index (χ1) is 7.59. The summed E-state index contributed by atoms with van der Waals surface area (Å²) in [7, 11) is 0. The van der Waals surface area contributed by atoms with Gasteiger partial charge in [-0.25, -0.2) is 0 Å². The Bertz CT molecular complexity index is 376. The lowest BCUT2D eigenvalue weighted by atomic mass is 10.0. The van der Waals surface area contributed by atoms with E-state index in [-0.39, 0.29) is 0 Å². The smallest absolute Gasteiger partial charge is 0.0660 e. The van der Waals surface area contributed by atoms with Crippen molar-refractivity contribution in [2.45, 2.75) is 32.7 Å². The monoisotopic (exact) mass is 238 g/mol. The van der Waals surface area contributed by atoms with E-state index in [1.54, 1.807) is 0 Å². The number of anilines is 2. The minimum absolute atomic E-state index is 0.612. The first-order valence-corrected chi connectivity index (χ1v) is 6.29. The maximum Gasteiger partial charge on any atom is 0.0660 e. The second-order valence-electron chi connectivity index (χ2n) is 4.86. The van der Waals surface area contributed by atoms with Crippen molar-refractivity contribution in [3.63, 3.8) is 0 Å². The summed E-state index contributed by atoms with van der Waals surface area (Å²) in [6.45, 7) is 5.65. The molecule has 1 fully saturated rings. The van der Waals surface area contributed by atoms with Crippen LogP contribution in [-0.2, 0) is 0 Å². The summed E-state index contributed by atoms with van der Waals surface area (Å²) >= 11 is 6.26. The molecule has 0 aromatic heterocycles. The van der Waals surface area contributed by atoms with Gasteiger partial charge >= 0.3 is 0 Å². The van der Waals surface area contributed by atoms with Crippen molar-refractivity contribution in [2.24, 2.45) is 5.92 Å². The third kappa shape index (κ3) is 2.12. The van der Waals surface area contributed by atoms with Gasteiger partial charge < -0.3 is 10.6 Å². The van der Waals surface area contributed by atoms with Crippen LogP contribution in [0.1, 0.15) is 26.7 Å². The Kier molecular flexibility index (Phi) is 3.29. The summed E-state index contributed by atoms with van der Waals surface area (Å²) in [5.41, 5.74) is 7.58. The van der Waals surface area contributed by atoms with Crippen molar-refractivity contribution in [3.05, 3.63) is 23.2 Å². The predicted molar refractivity (Wildman–Crippen MR) is 71.1 cm³/mol. The highest BCUT2D eigenvalue weighted by molar-refractivity contribution is 6.33. The van der Waals surface area contributed by atoms with Crippen molar-refractivity contribution in [2.75, 3.05) is 17.2 Å². The lowest BCUT2D eigenvalue weighted by Crippen LogP contribution is -2.33. The minimum Gasteiger partial charge on any atom is -0.399 e. The lowest BCUT2D eigenvalue weighted by molar-refractivity contribution is 0.492. The van der Waals surface area contributed by atoms with Gasteiger partial charge in [-0.05, 0) is 37.0 Å². The number of nitrogens with two attached hydrogens (primary N) is 1. The Balaban J connectivity index is 2.29. The van der Waals surface area contributed by atoms with Gasteiger partial charge in [0.1, 0.15) is 0 Å². The Hall–Kier alpha value is -0.890. The van der Waals surface area contributed by atoms with E-state index >= 15 is 0 Å². The average molecular weight is 239 g/mol. The molecular weight excluding hydrogens is 220 g/mol. The number of hydrogen-bond donors (Lipinski definition) is 1. The highest BCUT2D eigenvalue weighted by atomic mass is 35.5. The fraction of sp³-hybridized carbons (Fsp3) is 0.538. The molecule has 1 aliphatic rings. The molecule has 1 saturated heterocycles. The molecule has 1 heterocycles. The Morgan fingerprint density at radius 3 is 2.81 bits per heavy atom. The SMILES string of the molecule is CC(C)C1CCCN1c1ccc(N)cc1Cl. The van der Waals surface area contributed by atoms with Gasteiger partial charge in [-0.1, -0.05) is 25.4 Å². The normalized spacial score (nSPS) is 20.8. The average Bonchev–Trinajstić information content (AvgIpc) is 2.66. The zero-order valence-corrected chi connectivity index (χ0v) is 10.7. The van der Waals surface area contributed by atoms with Crippen molar-refractivity contribution in [1.82, 2.24) is 0 Å². The van der Waals surface area contributed by atoms with Crippen LogP contribution in [-0.4, -0.2) is 12.6 Å². The molecule has 0 aliphatic carbocycles. The van der Waals surface area contributed by atoms with Crippen LogP contribution in [0, 0.1) is 5.92 Å². The zero-order chi connectivity index (χ0) is 11.7. The van der Waals surface area contributed by atoms with Gasteiger partial charge in [-0.15, -0.1) is 0 Å². The molecule has 1 atom stereocenters. The molecule has 2 N–H and O–H groups in total. The number of hydrogen-bond acceptors (Lipinski definition) is 2. The van der Waals surface area contributed by atoms with E-state index in [4.69, 9.17) is 17.3 Å². The molecule has 0 bridgehead atoms. The van der Waals surface area contributed by atoms with Crippen LogP contribution in [0.2, 0.25) is 5.02 Å². The van der Waals surface area contributed by atoms with Crippen LogP contribution in [0.25, 0.3) is 0 Å². The molecule has 0 radical (unpaired) electrons. The molecule has 1 aromatic carbocycles. The number of halogens is 1. The molecule has 1 aromatic rings. The molecule has 2 nitrogen and oxygen atoms in total. The molecule has 16 heavy (non-hydrogen) atoms. The van der Waals surface area contributed by atoms with Crippen LogP contribution >= 0.6 is 11.6 Å². The highest BCUT2D eigenvalue weighted by Gasteiger charge is 2.28. The fourth-order valence-electron chi connectivity index (χ4n) is 2.54. The summed E-state index contributed by atoms with van der Waals surface area (Å²) in [4.78, 5) is 2.42. The number of benzene rings is 1. The predicted octanol–water partition coefficient (Wildman–Crippen LogP) is 3.55. The molecule has 0 amide bonds. The highest BCUT2D eigenvalue weighted by Crippen LogP contribution is 2.35. The molecule has 2 rings (SSSR count). The van der Waals surface area contributed by atoms with Gasteiger partial charge in [0.05, 0.1) is 10.7 Å². The van der Waals surface area contributed by atoms with Gasteiger partial charge in [0, 0.05) is 18.3 Å². The van der Waals surface area contributed by atoms with Gasteiger partial charge in [0.15, 0.2) is 0 Å². The second-order valence-corrected chi connectivity index (χ2v) is 5.27. The third-order valence-electron chi connectivity index (χ3n) is 3.35. The summed E-state index contributed by atoms with van der Waals surface area (Å²) in [6.07, 6.45) is 2.52. The third-order valence-corrected chi connectivity index (χ3v) is 3.65. The Labute approximate surface area is 102 Å². The molecule has 1 unspecified atom stereocenters. The summed E-state index contributed by atoms with van der Waals surface area (Å²) < 4.78 is 0. The van der Waals surface area contributed by atoms with Gasteiger partial charge in [-0.3, -0.25) is 0 Å². The van der Waals surface area contributed by atoms with Gasteiger partial charge in [0.2, 0.25) is 0 Å². The summed E-state index contributed by atoms with van der Waals surface area (Å²) in [5.74, 6) is 0.663. The molecule has 0 saturated carbocycles. The van der Waals surface area contributed by atoms with Crippen LogP contribution < -0.4 is 10.6 Å². The Morgan fingerprint density at radius 1 is 1.44 bits per heavy atom. The summed E-state index contributed by atoms with van der Waals surface area (Å²) in [6, 6.07) is 6.42. The van der Waals surface area contributed by atoms with Crippen molar-refractivity contribution < 1.29 is 0 Å². The maximum absolute atomic E-state index is 6.26. The van der Waals surface area contributed by atoms with E-state index in [1.165, 1.54) is 12.8 Å². The van der Waals surface area contributed by atoms with Crippen molar-refractivity contribution in [3.8, 4) is 0 Å². The molecular formula is C13H19ClN2. The lowest BCUT2D eigenvalue weighted by Gasteiger charge is -2.30. The van der Waals surface area contributed by atoms with E-state index in [0.717, 1.165) is 22.9 Å². The quantitative estimate of drug-likeness (QED) is 0.799. The van der Waals surface area contributed by atoms with Gasteiger partial charge in [0.25, 0.3) is 0 Å². The number of rotatable bonds is 2. The van der Waals surface area contributed by atoms with Crippen LogP contribution in [0.15, 0.2) is 18.2 Å². The van der Waals surface area contributed by atoms with Crippen LogP contribution in [0.5, 0.6) is 0 Å². The number of nitrogen functional groups attached to an aromatic ring is 1. The fourth-order valence-corrected chi connectivity index (χ4v) is 2.84. The zero-order valence-electron chi connectivity index (χ0n) is 9.91. The molecule has 0 spiro atoms. The van der Waals surface area contributed by atoms with Crippen molar-refractivity contribution in [1.29, 1.82) is 0 Å². The summed E-state index contributed by atoms with van der Waals surface area (Å²) in [5, 5.41) is 0.771. The standard InChI is InChI=1S/C13H19ClN2/c1-9(2)12-4-3-7-16(12)13-6-5-10(15)8-11(13)14/h5-6,8-9,12H,3-4,7,15H2,1-2H3. The largest absolute Gasteiger partial charge is 0.399 e. The van der Waals surface area contributed by atoms with E-state index in [2.05, 4.69) is 18.7 Å². The first-order valence-electron chi connectivity index (χ1n) is 5.91. The molecule has 1 aliphatic heterocycles.